The number of nitrogens with one attached hydrogen (secondary N) is 1. The van der Waals surface area contributed by atoms with Gasteiger partial charge in [0.2, 0.25) is 0 Å². The SMILES string of the molecule is CCOCc1nc2cnc3cc(Br)ccc3c2n1CC(C)(C)OC(=O)NC(C)(C)C. The van der Waals surface area contributed by atoms with E-state index in [1.807, 2.05) is 59.7 Å². The highest BCUT2D eigenvalue weighted by molar-refractivity contribution is 9.10. The van der Waals surface area contributed by atoms with E-state index < -0.39 is 11.7 Å². The summed E-state index contributed by atoms with van der Waals surface area (Å²) in [5.41, 5.74) is 1.47. The Labute approximate surface area is 185 Å². The number of nitrogens with zero attached hydrogens (tertiary/aromatic N) is 3. The predicted octanol–water partition coefficient (Wildman–Crippen LogP) is 5.19. The molecule has 0 unspecified atom stereocenters. The minimum Gasteiger partial charge on any atom is -0.442 e. The van der Waals surface area contributed by atoms with Gasteiger partial charge in [-0.3, -0.25) is 4.98 Å². The summed E-state index contributed by atoms with van der Waals surface area (Å²) >= 11 is 3.51. The molecule has 0 aliphatic carbocycles. The summed E-state index contributed by atoms with van der Waals surface area (Å²) in [6, 6.07) is 5.99. The molecule has 7 nitrogen and oxygen atoms in total. The van der Waals surface area contributed by atoms with Crippen molar-refractivity contribution in [1.29, 1.82) is 0 Å². The van der Waals surface area contributed by atoms with Crippen molar-refractivity contribution in [1.82, 2.24) is 19.9 Å². The van der Waals surface area contributed by atoms with Crippen LogP contribution in [0.1, 0.15) is 47.4 Å². The Morgan fingerprint density at radius 1 is 1.20 bits per heavy atom. The number of amides is 1. The molecule has 0 atom stereocenters. The molecule has 1 N–H and O–H groups in total. The number of imidazole rings is 1. The molecule has 0 aliphatic rings. The number of fused-ring (bicyclic) bond motifs is 3. The van der Waals surface area contributed by atoms with Crippen LogP contribution in [-0.4, -0.2) is 38.4 Å². The molecule has 0 saturated heterocycles. The van der Waals surface area contributed by atoms with Gasteiger partial charge in [0.15, 0.2) is 0 Å². The zero-order valence-corrected chi connectivity index (χ0v) is 20.0. The van der Waals surface area contributed by atoms with Gasteiger partial charge in [-0.05, 0) is 59.7 Å². The van der Waals surface area contributed by atoms with Crippen LogP contribution in [0.5, 0.6) is 0 Å². The van der Waals surface area contributed by atoms with Gasteiger partial charge in [0, 0.05) is 22.0 Å². The Balaban J connectivity index is 2.04. The highest BCUT2D eigenvalue weighted by Crippen LogP contribution is 2.29. The average molecular weight is 477 g/mol. The third kappa shape index (κ3) is 5.29. The van der Waals surface area contributed by atoms with Gasteiger partial charge in [0.1, 0.15) is 23.5 Å². The number of ether oxygens (including phenoxy) is 2. The van der Waals surface area contributed by atoms with Crippen LogP contribution in [0.25, 0.3) is 21.9 Å². The first kappa shape index (κ1) is 22.5. The molecule has 1 aromatic carbocycles. The molecule has 0 radical (unpaired) electrons. The normalized spacial score (nSPS) is 12.5. The Kier molecular flexibility index (Phi) is 6.38. The molecule has 0 saturated carbocycles. The van der Waals surface area contributed by atoms with Crippen molar-refractivity contribution in [2.45, 2.75) is 65.8 Å². The Morgan fingerprint density at radius 2 is 1.93 bits per heavy atom. The van der Waals surface area contributed by atoms with Gasteiger partial charge in [-0.15, -0.1) is 0 Å². The molecule has 0 aliphatic heterocycles. The maximum Gasteiger partial charge on any atom is 0.408 e. The van der Waals surface area contributed by atoms with Crippen LogP contribution >= 0.6 is 15.9 Å². The smallest absolute Gasteiger partial charge is 0.408 e. The van der Waals surface area contributed by atoms with Crippen LogP contribution in [-0.2, 0) is 22.6 Å². The summed E-state index contributed by atoms with van der Waals surface area (Å²) in [5, 5.41) is 3.84. The predicted molar refractivity (Wildman–Crippen MR) is 122 cm³/mol. The first-order valence-corrected chi connectivity index (χ1v) is 10.8. The lowest BCUT2D eigenvalue weighted by Gasteiger charge is -2.29. The number of pyridine rings is 1. The lowest BCUT2D eigenvalue weighted by molar-refractivity contribution is 0.0215. The molecule has 2 aromatic heterocycles. The quantitative estimate of drug-likeness (QED) is 0.529. The first-order chi connectivity index (χ1) is 14.0. The van der Waals surface area contributed by atoms with E-state index in [9.17, 15) is 4.79 Å². The van der Waals surface area contributed by atoms with Crippen molar-refractivity contribution >= 4 is 44.0 Å². The van der Waals surface area contributed by atoms with Crippen LogP contribution in [0, 0.1) is 0 Å². The number of halogens is 1. The summed E-state index contributed by atoms with van der Waals surface area (Å²) in [6.07, 6.45) is 1.33. The zero-order valence-electron chi connectivity index (χ0n) is 18.4. The van der Waals surface area contributed by atoms with E-state index in [0.29, 0.717) is 19.8 Å². The van der Waals surface area contributed by atoms with E-state index in [4.69, 9.17) is 14.5 Å². The number of carbonyl (C=O) groups is 1. The van der Waals surface area contributed by atoms with Crippen molar-refractivity contribution in [3.05, 3.63) is 34.7 Å². The second kappa shape index (κ2) is 8.51. The fourth-order valence-corrected chi connectivity index (χ4v) is 3.65. The van der Waals surface area contributed by atoms with E-state index in [1.165, 1.54) is 0 Å². The molecule has 1 amide bonds. The van der Waals surface area contributed by atoms with E-state index in [0.717, 1.165) is 32.2 Å². The lowest BCUT2D eigenvalue weighted by atomic mass is 10.1. The fourth-order valence-electron chi connectivity index (χ4n) is 3.31. The second-order valence-corrected chi connectivity index (χ2v) is 9.84. The van der Waals surface area contributed by atoms with Gasteiger partial charge < -0.3 is 19.4 Å². The Morgan fingerprint density at radius 3 is 2.60 bits per heavy atom. The van der Waals surface area contributed by atoms with E-state index in [-0.39, 0.29) is 5.54 Å². The van der Waals surface area contributed by atoms with Crippen molar-refractivity contribution in [3.8, 4) is 0 Å². The molecule has 0 bridgehead atoms. The molecule has 2 heterocycles. The largest absolute Gasteiger partial charge is 0.442 e. The maximum atomic E-state index is 12.4. The van der Waals surface area contributed by atoms with Gasteiger partial charge in [-0.1, -0.05) is 15.9 Å². The van der Waals surface area contributed by atoms with E-state index >= 15 is 0 Å². The number of aromatic nitrogens is 3. The van der Waals surface area contributed by atoms with Gasteiger partial charge in [-0.25, -0.2) is 9.78 Å². The number of alkyl carbamates (subject to hydrolysis) is 1. The number of carbonyl (C=O) groups excluding carboxylic acids is 1. The highest BCUT2D eigenvalue weighted by Gasteiger charge is 2.28. The summed E-state index contributed by atoms with van der Waals surface area (Å²) < 4.78 is 14.5. The molecule has 8 heteroatoms. The molecule has 3 rings (SSSR count). The Hall–Kier alpha value is -2.19. The minimum atomic E-state index is -0.769. The van der Waals surface area contributed by atoms with Crippen molar-refractivity contribution in [2.24, 2.45) is 0 Å². The van der Waals surface area contributed by atoms with Gasteiger partial charge in [-0.2, -0.15) is 0 Å². The fraction of sp³-hybridized carbons (Fsp3) is 0.500. The van der Waals surface area contributed by atoms with Gasteiger partial charge in [0.05, 0.1) is 23.8 Å². The molecule has 0 spiro atoms. The van der Waals surface area contributed by atoms with Crippen molar-refractivity contribution in [2.75, 3.05) is 6.61 Å². The van der Waals surface area contributed by atoms with Crippen LogP contribution in [0.2, 0.25) is 0 Å². The molecular formula is C22H29BrN4O3. The van der Waals surface area contributed by atoms with Crippen LogP contribution in [0.15, 0.2) is 28.9 Å². The molecule has 162 valence electrons. The topological polar surface area (TPSA) is 78.3 Å². The van der Waals surface area contributed by atoms with Crippen LogP contribution in [0.4, 0.5) is 4.79 Å². The zero-order chi connectivity index (χ0) is 22.1. The Bertz CT molecular complexity index is 1070. The van der Waals surface area contributed by atoms with Gasteiger partial charge in [0.25, 0.3) is 0 Å². The summed E-state index contributed by atoms with van der Waals surface area (Å²) in [6.45, 7) is 12.9. The monoisotopic (exact) mass is 476 g/mol. The number of hydrogen-bond donors (Lipinski definition) is 1. The van der Waals surface area contributed by atoms with E-state index in [1.54, 1.807) is 6.20 Å². The number of hydrogen-bond acceptors (Lipinski definition) is 5. The average Bonchev–Trinajstić information content (AvgIpc) is 2.94. The molecule has 30 heavy (non-hydrogen) atoms. The summed E-state index contributed by atoms with van der Waals surface area (Å²) in [5.74, 6) is 0.775. The molecule has 3 aromatic rings. The van der Waals surface area contributed by atoms with Crippen molar-refractivity contribution in [3.63, 3.8) is 0 Å². The summed E-state index contributed by atoms with van der Waals surface area (Å²) in [4.78, 5) is 21.7. The first-order valence-electron chi connectivity index (χ1n) is 10.0. The lowest BCUT2D eigenvalue weighted by Crippen LogP contribution is -2.45. The molecular weight excluding hydrogens is 448 g/mol. The standard InChI is InChI=1S/C22H29BrN4O3/c1-7-29-12-18-25-17-11-24-16-10-14(23)8-9-15(16)19(17)27(18)13-22(5,6)30-20(28)26-21(2,3)4/h8-11H,7,12-13H2,1-6H3,(H,26,28). The van der Waals surface area contributed by atoms with E-state index in [2.05, 4.69) is 30.8 Å². The third-order valence-electron chi connectivity index (χ3n) is 4.43. The highest BCUT2D eigenvalue weighted by atomic mass is 79.9. The van der Waals surface area contributed by atoms with Gasteiger partial charge >= 0.3 is 6.09 Å². The van der Waals surface area contributed by atoms with Crippen LogP contribution in [0.3, 0.4) is 0 Å². The minimum absolute atomic E-state index is 0.369. The third-order valence-corrected chi connectivity index (χ3v) is 4.93. The van der Waals surface area contributed by atoms with Crippen LogP contribution < -0.4 is 5.32 Å². The number of rotatable bonds is 6. The maximum absolute atomic E-state index is 12.4. The second-order valence-electron chi connectivity index (χ2n) is 8.93. The summed E-state index contributed by atoms with van der Waals surface area (Å²) in [7, 11) is 0. The molecule has 0 fully saturated rings. The van der Waals surface area contributed by atoms with Crippen molar-refractivity contribution < 1.29 is 14.3 Å². The number of benzene rings is 1.